The number of benzene rings is 3. The Balaban J connectivity index is 1.38. The van der Waals surface area contributed by atoms with Crippen LogP contribution in [0.25, 0.3) is 21.8 Å². The Hall–Kier alpha value is -3.38. The lowest BCUT2D eigenvalue weighted by Gasteiger charge is -2.24. The fourth-order valence-electron chi connectivity index (χ4n) is 4.33. The van der Waals surface area contributed by atoms with Crippen LogP contribution in [0, 0.1) is 0 Å². The quantitative estimate of drug-likeness (QED) is 0.521. The molecule has 1 aliphatic rings. The van der Waals surface area contributed by atoms with Gasteiger partial charge in [-0.05, 0) is 54.4 Å². The molecule has 31 heavy (non-hydrogen) atoms. The van der Waals surface area contributed by atoms with Crippen molar-refractivity contribution in [3.05, 3.63) is 72.1 Å². The lowest BCUT2D eigenvalue weighted by atomic mass is 10.0. The summed E-state index contributed by atoms with van der Waals surface area (Å²) in [5, 5.41) is 8.70. The molecule has 4 aromatic rings. The van der Waals surface area contributed by atoms with E-state index in [4.69, 9.17) is 4.74 Å². The third kappa shape index (κ3) is 3.86. The highest BCUT2D eigenvalue weighted by Crippen LogP contribution is 2.28. The minimum Gasteiger partial charge on any atom is -0.488 e. The molecular formula is C25H26N4O2. The standard InChI is InChI=1S/C25H26N4O2/c1-29-23-21(10-5-11-22(23)31-19-12-14-26-15-13-19)28-24(29)25(30)27-16-18-8-4-7-17-6-2-3-9-20(17)18/h2-11,19,26H,12-16H2,1H3,(H,27,30). The second-order valence-corrected chi connectivity index (χ2v) is 8.01. The second-order valence-electron chi connectivity index (χ2n) is 8.01. The summed E-state index contributed by atoms with van der Waals surface area (Å²) in [6.07, 6.45) is 2.14. The van der Waals surface area contributed by atoms with Crippen LogP contribution in [0.1, 0.15) is 29.0 Å². The highest BCUT2D eigenvalue weighted by Gasteiger charge is 2.21. The van der Waals surface area contributed by atoms with Gasteiger partial charge in [0.2, 0.25) is 0 Å². The van der Waals surface area contributed by atoms with Crippen LogP contribution in [-0.2, 0) is 13.6 Å². The lowest BCUT2D eigenvalue weighted by Crippen LogP contribution is -2.34. The van der Waals surface area contributed by atoms with Gasteiger partial charge in [0.1, 0.15) is 17.4 Å². The molecule has 3 aromatic carbocycles. The Labute approximate surface area is 181 Å². The molecule has 1 saturated heterocycles. The Morgan fingerprint density at radius 1 is 1.10 bits per heavy atom. The van der Waals surface area contributed by atoms with Crippen LogP contribution in [0.3, 0.4) is 0 Å². The molecule has 1 aromatic heterocycles. The summed E-state index contributed by atoms with van der Waals surface area (Å²) < 4.78 is 8.12. The van der Waals surface area contributed by atoms with Crippen LogP contribution in [-0.4, -0.2) is 34.7 Å². The van der Waals surface area contributed by atoms with Crippen molar-refractivity contribution in [1.29, 1.82) is 0 Å². The first-order valence-electron chi connectivity index (χ1n) is 10.8. The molecule has 158 valence electrons. The van der Waals surface area contributed by atoms with Gasteiger partial charge in [0, 0.05) is 13.6 Å². The van der Waals surface area contributed by atoms with Crippen molar-refractivity contribution in [2.24, 2.45) is 7.05 Å². The zero-order valence-electron chi connectivity index (χ0n) is 17.6. The molecule has 0 radical (unpaired) electrons. The molecule has 0 saturated carbocycles. The Morgan fingerprint density at radius 3 is 2.74 bits per heavy atom. The van der Waals surface area contributed by atoms with E-state index in [2.05, 4.69) is 33.8 Å². The lowest BCUT2D eigenvalue weighted by molar-refractivity contribution is 0.0938. The molecule has 1 fully saturated rings. The maximum atomic E-state index is 13.0. The molecule has 2 heterocycles. The first-order chi connectivity index (χ1) is 15.2. The first-order valence-corrected chi connectivity index (χ1v) is 10.8. The normalized spacial score (nSPS) is 14.7. The summed E-state index contributed by atoms with van der Waals surface area (Å²) in [6, 6.07) is 20.2. The van der Waals surface area contributed by atoms with Crippen LogP contribution in [0.5, 0.6) is 5.75 Å². The van der Waals surface area contributed by atoms with Crippen LogP contribution in [0.15, 0.2) is 60.7 Å². The Morgan fingerprint density at radius 2 is 1.87 bits per heavy atom. The Kier molecular flexibility index (Phi) is 5.30. The average Bonchev–Trinajstić information content (AvgIpc) is 3.15. The van der Waals surface area contributed by atoms with Crippen LogP contribution in [0.4, 0.5) is 0 Å². The number of fused-ring (bicyclic) bond motifs is 2. The summed E-state index contributed by atoms with van der Waals surface area (Å²) in [5.41, 5.74) is 2.71. The van der Waals surface area contributed by atoms with Crippen molar-refractivity contribution in [2.75, 3.05) is 13.1 Å². The fraction of sp³-hybridized carbons (Fsp3) is 0.280. The number of imidazole rings is 1. The number of aromatic nitrogens is 2. The number of ether oxygens (including phenoxy) is 1. The monoisotopic (exact) mass is 414 g/mol. The highest BCUT2D eigenvalue weighted by molar-refractivity contribution is 5.96. The summed E-state index contributed by atoms with van der Waals surface area (Å²) in [7, 11) is 1.87. The minimum absolute atomic E-state index is 0.186. The van der Waals surface area contributed by atoms with E-state index in [9.17, 15) is 4.79 Å². The van der Waals surface area contributed by atoms with E-state index in [1.165, 1.54) is 0 Å². The van der Waals surface area contributed by atoms with Gasteiger partial charge in [-0.1, -0.05) is 48.5 Å². The number of rotatable bonds is 5. The topological polar surface area (TPSA) is 68.2 Å². The van der Waals surface area contributed by atoms with Gasteiger partial charge in [-0.2, -0.15) is 0 Å². The Bertz CT molecular complexity index is 1240. The van der Waals surface area contributed by atoms with Gasteiger partial charge in [0.05, 0.1) is 5.52 Å². The average molecular weight is 415 g/mol. The van der Waals surface area contributed by atoms with Gasteiger partial charge in [-0.25, -0.2) is 4.98 Å². The largest absolute Gasteiger partial charge is 0.488 e. The molecule has 0 spiro atoms. The van der Waals surface area contributed by atoms with E-state index in [-0.39, 0.29) is 12.0 Å². The molecule has 0 bridgehead atoms. The van der Waals surface area contributed by atoms with Crippen LogP contribution < -0.4 is 15.4 Å². The molecule has 0 unspecified atom stereocenters. The molecule has 0 atom stereocenters. The molecule has 2 N–H and O–H groups in total. The van der Waals surface area contributed by atoms with Gasteiger partial charge in [-0.3, -0.25) is 4.79 Å². The SMILES string of the molecule is Cn1c(C(=O)NCc2cccc3ccccc23)nc2cccc(OC3CCNCC3)c21. The first kappa shape index (κ1) is 19.6. The van der Waals surface area contributed by atoms with Gasteiger partial charge in [-0.15, -0.1) is 0 Å². The number of hydrogen-bond acceptors (Lipinski definition) is 4. The number of para-hydroxylation sites is 1. The smallest absolute Gasteiger partial charge is 0.287 e. The van der Waals surface area contributed by atoms with Gasteiger partial charge < -0.3 is 19.9 Å². The van der Waals surface area contributed by atoms with Gasteiger partial charge >= 0.3 is 0 Å². The summed E-state index contributed by atoms with van der Waals surface area (Å²) >= 11 is 0. The van der Waals surface area contributed by atoms with Crippen LogP contribution in [0.2, 0.25) is 0 Å². The summed E-state index contributed by atoms with van der Waals surface area (Å²) in [5.74, 6) is 0.976. The minimum atomic E-state index is -0.195. The number of amides is 1. The van der Waals surface area contributed by atoms with Crippen molar-refractivity contribution >= 4 is 27.7 Å². The third-order valence-corrected chi connectivity index (χ3v) is 5.96. The number of carbonyl (C=O) groups is 1. The van der Waals surface area contributed by atoms with E-state index in [1.54, 1.807) is 0 Å². The summed E-state index contributed by atoms with van der Waals surface area (Å²) in [4.78, 5) is 17.6. The van der Waals surface area contributed by atoms with Crippen LogP contribution >= 0.6 is 0 Å². The second kappa shape index (κ2) is 8.40. The van der Waals surface area contributed by atoms with Gasteiger partial charge in [0.25, 0.3) is 5.91 Å². The highest BCUT2D eigenvalue weighted by atomic mass is 16.5. The summed E-state index contributed by atoms with van der Waals surface area (Å²) in [6.45, 7) is 2.38. The zero-order chi connectivity index (χ0) is 21.2. The number of carbonyl (C=O) groups excluding carboxylic acids is 1. The van der Waals surface area contributed by atoms with E-state index >= 15 is 0 Å². The molecule has 6 nitrogen and oxygen atoms in total. The number of hydrogen-bond donors (Lipinski definition) is 2. The third-order valence-electron chi connectivity index (χ3n) is 5.96. The number of nitrogens with one attached hydrogen (secondary N) is 2. The predicted molar refractivity (Wildman–Crippen MR) is 122 cm³/mol. The fourth-order valence-corrected chi connectivity index (χ4v) is 4.33. The van der Waals surface area contributed by atoms with E-state index in [0.29, 0.717) is 12.4 Å². The van der Waals surface area contributed by atoms with E-state index in [1.807, 2.05) is 54.1 Å². The molecule has 0 aliphatic carbocycles. The maximum absolute atomic E-state index is 13.0. The van der Waals surface area contributed by atoms with E-state index in [0.717, 1.165) is 59.0 Å². The van der Waals surface area contributed by atoms with Crippen molar-refractivity contribution in [1.82, 2.24) is 20.2 Å². The molecule has 1 amide bonds. The maximum Gasteiger partial charge on any atom is 0.287 e. The number of piperidine rings is 1. The van der Waals surface area contributed by atoms with Crippen molar-refractivity contribution in [3.63, 3.8) is 0 Å². The van der Waals surface area contributed by atoms with Crippen molar-refractivity contribution < 1.29 is 9.53 Å². The molecule has 6 heteroatoms. The molecule has 1 aliphatic heterocycles. The zero-order valence-corrected chi connectivity index (χ0v) is 17.6. The number of aryl methyl sites for hydroxylation is 1. The number of nitrogens with zero attached hydrogens (tertiary/aromatic N) is 2. The van der Waals surface area contributed by atoms with Gasteiger partial charge in [0.15, 0.2) is 5.82 Å². The van der Waals surface area contributed by atoms with E-state index < -0.39 is 0 Å². The van der Waals surface area contributed by atoms with Crippen molar-refractivity contribution in [3.8, 4) is 5.75 Å². The molecule has 5 rings (SSSR count). The molecular weight excluding hydrogens is 388 g/mol. The van der Waals surface area contributed by atoms with Crippen molar-refractivity contribution in [2.45, 2.75) is 25.5 Å². The predicted octanol–water partition coefficient (Wildman–Crippen LogP) is 3.79.